The van der Waals surface area contributed by atoms with Crippen LogP contribution in [0, 0.1) is 5.41 Å². The number of rotatable bonds is 7. The van der Waals surface area contributed by atoms with E-state index >= 15 is 0 Å². The Bertz CT molecular complexity index is 1040. The number of H-pyrrole nitrogens is 1. The Morgan fingerprint density at radius 3 is 2.62 bits per heavy atom. The van der Waals surface area contributed by atoms with Gasteiger partial charge in [0.1, 0.15) is 0 Å². The van der Waals surface area contributed by atoms with Gasteiger partial charge in [-0.15, -0.1) is 11.3 Å². The van der Waals surface area contributed by atoms with Crippen LogP contribution in [0.4, 0.5) is 0 Å². The fourth-order valence-corrected chi connectivity index (χ4v) is 3.63. The first-order valence-corrected chi connectivity index (χ1v) is 10.2. The van der Waals surface area contributed by atoms with Gasteiger partial charge in [0.05, 0.1) is 17.8 Å². The molecular formula is C22H24N2O4S. The van der Waals surface area contributed by atoms with Crippen LogP contribution in [-0.2, 0) is 27.3 Å². The van der Waals surface area contributed by atoms with Gasteiger partial charge in [-0.3, -0.25) is 14.4 Å². The summed E-state index contributed by atoms with van der Waals surface area (Å²) < 4.78 is 5.17. The maximum Gasteiger partial charge on any atom is 0.310 e. The highest BCUT2D eigenvalue weighted by Crippen LogP contribution is 2.20. The lowest BCUT2D eigenvalue weighted by molar-refractivity contribution is -0.141. The number of Topliss-reactive ketones (excluding diaryl/α,β-unsaturated/α-hetero) is 1. The van der Waals surface area contributed by atoms with Crippen molar-refractivity contribution in [3.8, 4) is 0 Å². The van der Waals surface area contributed by atoms with Crippen LogP contribution in [0.15, 0.2) is 42.6 Å². The lowest BCUT2D eigenvalue weighted by Crippen LogP contribution is -2.34. The number of carbonyl (C=O) groups is 3. The summed E-state index contributed by atoms with van der Waals surface area (Å²) in [6.45, 7) is 5.60. The van der Waals surface area contributed by atoms with Crippen LogP contribution in [0.2, 0.25) is 0 Å². The molecule has 0 spiro atoms. The number of thiophene rings is 1. The molecule has 0 unspecified atom stereocenters. The Morgan fingerprint density at radius 2 is 1.86 bits per heavy atom. The van der Waals surface area contributed by atoms with Crippen LogP contribution in [0.3, 0.4) is 0 Å². The minimum absolute atomic E-state index is 0.0509. The molecule has 0 saturated carbocycles. The molecule has 0 fully saturated rings. The van der Waals surface area contributed by atoms with E-state index in [0.29, 0.717) is 11.4 Å². The molecule has 0 radical (unpaired) electrons. The lowest BCUT2D eigenvalue weighted by atomic mass is 9.96. The highest BCUT2D eigenvalue weighted by molar-refractivity contribution is 7.14. The molecule has 0 bridgehead atoms. The van der Waals surface area contributed by atoms with E-state index in [1.807, 2.05) is 45.0 Å². The predicted molar refractivity (Wildman–Crippen MR) is 113 cm³/mol. The molecule has 7 heteroatoms. The standard InChI is InChI=1S/C22H24N2O4S/c1-22(2,3)21(27)24-12-15-8-9-19(29-15)18(25)13-28-20(26)10-14-11-23-17-7-5-4-6-16(14)17/h4-9,11,23H,10,12-13H2,1-3H3,(H,24,27). The second-order valence-electron chi connectivity index (χ2n) is 7.82. The van der Waals surface area contributed by atoms with Crippen LogP contribution in [0.5, 0.6) is 0 Å². The van der Waals surface area contributed by atoms with Crippen molar-refractivity contribution in [3.05, 3.63) is 57.9 Å². The second kappa shape index (κ2) is 8.61. The van der Waals surface area contributed by atoms with Crippen LogP contribution >= 0.6 is 11.3 Å². The second-order valence-corrected chi connectivity index (χ2v) is 8.99. The zero-order chi connectivity index (χ0) is 21.0. The van der Waals surface area contributed by atoms with Gasteiger partial charge in [0.2, 0.25) is 11.7 Å². The number of aromatic amines is 1. The molecule has 6 nitrogen and oxygen atoms in total. The molecule has 0 aliphatic carbocycles. The average Bonchev–Trinajstić information content (AvgIpc) is 3.31. The van der Waals surface area contributed by atoms with Crippen molar-refractivity contribution in [1.82, 2.24) is 10.3 Å². The molecular weight excluding hydrogens is 388 g/mol. The number of esters is 1. The molecule has 1 amide bonds. The van der Waals surface area contributed by atoms with E-state index in [9.17, 15) is 14.4 Å². The van der Waals surface area contributed by atoms with E-state index < -0.39 is 11.4 Å². The summed E-state index contributed by atoms with van der Waals surface area (Å²) in [5.74, 6) is -0.752. The highest BCUT2D eigenvalue weighted by atomic mass is 32.1. The van der Waals surface area contributed by atoms with Crippen LogP contribution in [-0.4, -0.2) is 29.3 Å². The van der Waals surface area contributed by atoms with Crippen molar-refractivity contribution in [3.63, 3.8) is 0 Å². The number of hydrogen-bond acceptors (Lipinski definition) is 5. The third-order valence-electron chi connectivity index (χ3n) is 4.41. The molecule has 2 heterocycles. The molecule has 152 valence electrons. The smallest absolute Gasteiger partial charge is 0.310 e. The number of amides is 1. The molecule has 0 saturated heterocycles. The predicted octanol–water partition coefficient (Wildman–Crippen LogP) is 3.86. The van der Waals surface area contributed by atoms with Crippen molar-refractivity contribution >= 4 is 39.9 Å². The quantitative estimate of drug-likeness (QED) is 0.456. The Hall–Kier alpha value is -2.93. The van der Waals surface area contributed by atoms with E-state index in [-0.39, 0.29) is 24.7 Å². The van der Waals surface area contributed by atoms with E-state index in [0.717, 1.165) is 21.3 Å². The SMILES string of the molecule is CC(C)(C)C(=O)NCc1ccc(C(=O)COC(=O)Cc2c[nH]c3ccccc23)s1. The molecule has 2 aromatic heterocycles. The van der Waals surface area contributed by atoms with Crippen LogP contribution in [0.25, 0.3) is 10.9 Å². The van der Waals surface area contributed by atoms with Gasteiger partial charge in [0.15, 0.2) is 6.61 Å². The first-order chi connectivity index (χ1) is 13.7. The lowest BCUT2D eigenvalue weighted by Gasteiger charge is -2.17. The summed E-state index contributed by atoms with van der Waals surface area (Å²) in [5, 5.41) is 3.82. The summed E-state index contributed by atoms with van der Waals surface area (Å²) in [6, 6.07) is 11.2. The fourth-order valence-electron chi connectivity index (χ4n) is 2.76. The number of para-hydroxylation sites is 1. The van der Waals surface area contributed by atoms with Crippen molar-refractivity contribution < 1.29 is 19.1 Å². The minimum Gasteiger partial charge on any atom is -0.457 e. The average molecular weight is 413 g/mol. The van der Waals surface area contributed by atoms with Crippen molar-refractivity contribution in [1.29, 1.82) is 0 Å². The summed E-state index contributed by atoms with van der Waals surface area (Å²) in [7, 11) is 0. The highest BCUT2D eigenvalue weighted by Gasteiger charge is 2.21. The van der Waals surface area contributed by atoms with E-state index in [2.05, 4.69) is 10.3 Å². The van der Waals surface area contributed by atoms with E-state index in [4.69, 9.17) is 4.74 Å². The van der Waals surface area contributed by atoms with E-state index in [1.54, 1.807) is 18.3 Å². The fraction of sp³-hybridized carbons (Fsp3) is 0.318. The van der Waals surface area contributed by atoms with Gasteiger partial charge < -0.3 is 15.0 Å². The topological polar surface area (TPSA) is 88.3 Å². The molecule has 3 rings (SSSR count). The zero-order valence-electron chi connectivity index (χ0n) is 16.7. The number of aromatic nitrogens is 1. The number of ketones is 1. The summed E-state index contributed by atoms with van der Waals surface area (Å²) in [5.41, 5.74) is 1.33. The molecule has 3 aromatic rings. The maximum absolute atomic E-state index is 12.3. The van der Waals surface area contributed by atoms with Gasteiger partial charge in [-0.05, 0) is 23.8 Å². The Morgan fingerprint density at radius 1 is 1.10 bits per heavy atom. The normalized spacial score (nSPS) is 11.4. The Labute approximate surface area is 173 Å². The maximum atomic E-state index is 12.3. The molecule has 0 atom stereocenters. The monoisotopic (exact) mass is 412 g/mol. The van der Waals surface area contributed by atoms with Gasteiger partial charge in [-0.1, -0.05) is 39.0 Å². The first kappa shape index (κ1) is 20.8. The third kappa shape index (κ3) is 5.32. The van der Waals surface area contributed by atoms with Gasteiger partial charge in [0.25, 0.3) is 0 Å². The summed E-state index contributed by atoms with van der Waals surface area (Å²) in [4.78, 5) is 40.9. The molecule has 29 heavy (non-hydrogen) atoms. The van der Waals surface area contributed by atoms with Crippen molar-refractivity contribution in [2.45, 2.75) is 33.7 Å². The van der Waals surface area contributed by atoms with Crippen molar-refractivity contribution in [2.75, 3.05) is 6.61 Å². The van der Waals surface area contributed by atoms with Crippen molar-refractivity contribution in [2.24, 2.45) is 5.41 Å². The molecule has 1 aromatic carbocycles. The van der Waals surface area contributed by atoms with Crippen LogP contribution < -0.4 is 5.32 Å². The number of ether oxygens (including phenoxy) is 1. The number of nitrogens with one attached hydrogen (secondary N) is 2. The number of benzene rings is 1. The number of fused-ring (bicyclic) bond motifs is 1. The molecule has 0 aliphatic heterocycles. The minimum atomic E-state index is -0.463. The number of carbonyl (C=O) groups excluding carboxylic acids is 3. The van der Waals surface area contributed by atoms with Gasteiger partial charge in [-0.2, -0.15) is 0 Å². The summed E-state index contributed by atoms with van der Waals surface area (Å²) in [6.07, 6.45) is 1.89. The Kier molecular flexibility index (Phi) is 6.17. The van der Waals surface area contributed by atoms with Gasteiger partial charge >= 0.3 is 5.97 Å². The largest absolute Gasteiger partial charge is 0.457 e. The van der Waals surface area contributed by atoms with E-state index in [1.165, 1.54) is 11.3 Å². The molecule has 0 aliphatic rings. The number of hydrogen-bond donors (Lipinski definition) is 2. The third-order valence-corrected chi connectivity index (χ3v) is 5.54. The van der Waals surface area contributed by atoms with Gasteiger partial charge in [-0.25, -0.2) is 0 Å². The van der Waals surface area contributed by atoms with Crippen LogP contribution in [0.1, 0.15) is 40.9 Å². The first-order valence-electron chi connectivity index (χ1n) is 9.35. The Balaban J connectivity index is 1.50. The zero-order valence-corrected chi connectivity index (χ0v) is 17.5. The molecule has 2 N–H and O–H groups in total. The summed E-state index contributed by atoms with van der Waals surface area (Å²) >= 11 is 1.29. The van der Waals surface area contributed by atoms with Gasteiger partial charge in [0, 0.05) is 27.4 Å².